The Morgan fingerprint density at radius 3 is 2.60 bits per heavy atom. The first-order valence-electron chi connectivity index (χ1n) is 5.14. The van der Waals surface area contributed by atoms with Crippen molar-refractivity contribution in [2.24, 2.45) is 5.92 Å². The highest BCUT2D eigenvalue weighted by Crippen LogP contribution is 2.19. The molecule has 0 aliphatic heterocycles. The predicted molar refractivity (Wildman–Crippen MR) is 61.2 cm³/mol. The van der Waals surface area contributed by atoms with E-state index in [-0.39, 0.29) is 11.9 Å². The lowest BCUT2D eigenvalue weighted by atomic mass is 10.0. The summed E-state index contributed by atoms with van der Waals surface area (Å²) in [6, 6.07) is 6.88. The lowest BCUT2D eigenvalue weighted by Gasteiger charge is -2.11. The zero-order valence-corrected chi connectivity index (χ0v) is 9.75. The van der Waals surface area contributed by atoms with Crippen LogP contribution in [0.25, 0.3) is 0 Å². The van der Waals surface area contributed by atoms with E-state index in [9.17, 15) is 4.79 Å². The Labute approximate surface area is 95.2 Å². The Kier molecular flexibility index (Phi) is 4.63. The summed E-state index contributed by atoms with van der Waals surface area (Å²) in [5.74, 6) is 0.311. The van der Waals surface area contributed by atoms with E-state index < -0.39 is 0 Å². The number of benzene rings is 1. The second-order valence-corrected chi connectivity index (χ2v) is 3.83. The highest BCUT2D eigenvalue weighted by molar-refractivity contribution is 6.30. The number of rotatable bonds is 4. The Morgan fingerprint density at radius 2 is 2.07 bits per heavy atom. The van der Waals surface area contributed by atoms with Crippen molar-refractivity contribution in [2.45, 2.75) is 26.7 Å². The van der Waals surface area contributed by atoms with Gasteiger partial charge in [0, 0.05) is 5.02 Å². The van der Waals surface area contributed by atoms with Crippen LogP contribution in [0.4, 0.5) is 0 Å². The number of carbonyl (C=O) groups is 1. The normalized spacial score (nSPS) is 10.4. The fraction of sp³-hybridized carbons (Fsp3) is 0.417. The van der Waals surface area contributed by atoms with Gasteiger partial charge < -0.3 is 4.74 Å². The lowest BCUT2D eigenvalue weighted by molar-refractivity contribution is -0.139. The van der Waals surface area contributed by atoms with E-state index >= 15 is 0 Å². The Hall–Kier alpha value is -1.02. The molecule has 0 fully saturated rings. The van der Waals surface area contributed by atoms with Crippen LogP contribution in [0.2, 0.25) is 5.02 Å². The minimum atomic E-state index is -0.178. The topological polar surface area (TPSA) is 26.3 Å². The van der Waals surface area contributed by atoms with Crippen molar-refractivity contribution < 1.29 is 9.53 Å². The molecule has 3 heteroatoms. The Balaban J connectivity index is 2.65. The summed E-state index contributed by atoms with van der Waals surface area (Å²) in [4.78, 5) is 11.6. The van der Waals surface area contributed by atoms with Crippen LogP contribution in [0.3, 0.4) is 0 Å². The highest BCUT2D eigenvalue weighted by atomic mass is 35.5. The molecule has 0 amide bonds. The molecule has 0 aromatic heterocycles. The van der Waals surface area contributed by atoms with Gasteiger partial charge in [-0.05, 0) is 31.0 Å². The molecule has 0 aliphatic rings. The summed E-state index contributed by atoms with van der Waals surface area (Å²) >= 11 is 5.78. The molecule has 15 heavy (non-hydrogen) atoms. The minimum absolute atomic E-state index is 0.0241. The van der Waals surface area contributed by atoms with Crippen LogP contribution in [-0.4, -0.2) is 5.97 Å². The zero-order valence-electron chi connectivity index (χ0n) is 9.00. The maximum absolute atomic E-state index is 11.6. The van der Waals surface area contributed by atoms with Crippen molar-refractivity contribution in [3.63, 3.8) is 0 Å². The molecule has 0 heterocycles. The van der Waals surface area contributed by atoms with Gasteiger partial charge in [-0.2, -0.15) is 0 Å². The molecular formula is C12H15ClO2. The van der Waals surface area contributed by atoms with Crippen LogP contribution in [0.5, 0.6) is 5.75 Å². The van der Waals surface area contributed by atoms with E-state index in [0.717, 1.165) is 12.8 Å². The molecule has 0 N–H and O–H groups in total. The van der Waals surface area contributed by atoms with Gasteiger partial charge in [0.15, 0.2) is 0 Å². The van der Waals surface area contributed by atoms with Crippen LogP contribution in [0.1, 0.15) is 26.7 Å². The largest absolute Gasteiger partial charge is 0.426 e. The van der Waals surface area contributed by atoms with Gasteiger partial charge in [0.25, 0.3) is 0 Å². The molecule has 0 atom stereocenters. The van der Waals surface area contributed by atoms with Crippen molar-refractivity contribution in [3.05, 3.63) is 29.3 Å². The third-order valence-electron chi connectivity index (χ3n) is 2.33. The summed E-state index contributed by atoms with van der Waals surface area (Å²) < 4.78 is 5.22. The second-order valence-electron chi connectivity index (χ2n) is 3.39. The minimum Gasteiger partial charge on any atom is -0.426 e. The zero-order chi connectivity index (χ0) is 11.3. The monoisotopic (exact) mass is 226 g/mol. The van der Waals surface area contributed by atoms with Gasteiger partial charge in [-0.1, -0.05) is 31.5 Å². The van der Waals surface area contributed by atoms with Crippen LogP contribution in [0.15, 0.2) is 24.3 Å². The summed E-state index contributed by atoms with van der Waals surface area (Å²) in [5.41, 5.74) is 0. The van der Waals surface area contributed by atoms with Gasteiger partial charge in [0.2, 0.25) is 0 Å². The van der Waals surface area contributed by atoms with E-state index in [2.05, 4.69) is 0 Å². The van der Waals surface area contributed by atoms with Gasteiger partial charge in [-0.3, -0.25) is 4.79 Å². The Morgan fingerprint density at radius 1 is 1.40 bits per heavy atom. The molecule has 0 bridgehead atoms. The third kappa shape index (κ3) is 3.56. The number of ether oxygens (including phenoxy) is 1. The number of esters is 1. The second kappa shape index (κ2) is 5.76. The standard InChI is InChI=1S/C12H15ClO2/c1-3-9(4-2)12(14)15-11-7-5-6-10(13)8-11/h5-9H,3-4H2,1-2H3. The van der Waals surface area contributed by atoms with Gasteiger partial charge in [0.05, 0.1) is 5.92 Å². The molecule has 1 aromatic rings. The molecule has 0 aliphatic carbocycles. The first kappa shape index (κ1) is 12.1. The van der Waals surface area contributed by atoms with E-state index in [0.29, 0.717) is 10.8 Å². The number of hydrogen-bond donors (Lipinski definition) is 0. The maximum Gasteiger partial charge on any atom is 0.314 e. The Bertz CT molecular complexity index is 332. The van der Waals surface area contributed by atoms with Crippen molar-refractivity contribution in [3.8, 4) is 5.75 Å². The first-order valence-corrected chi connectivity index (χ1v) is 5.52. The number of carbonyl (C=O) groups excluding carboxylic acids is 1. The molecule has 0 saturated carbocycles. The summed E-state index contributed by atoms with van der Waals surface area (Å²) in [6.07, 6.45) is 1.60. The third-order valence-corrected chi connectivity index (χ3v) is 2.57. The van der Waals surface area contributed by atoms with Crippen LogP contribution < -0.4 is 4.74 Å². The molecule has 1 aromatic carbocycles. The quantitative estimate of drug-likeness (QED) is 0.578. The van der Waals surface area contributed by atoms with Crippen LogP contribution >= 0.6 is 11.6 Å². The average Bonchev–Trinajstić information content (AvgIpc) is 2.19. The highest BCUT2D eigenvalue weighted by Gasteiger charge is 2.16. The molecule has 0 spiro atoms. The fourth-order valence-corrected chi connectivity index (χ4v) is 1.53. The van der Waals surface area contributed by atoms with Gasteiger partial charge >= 0.3 is 5.97 Å². The average molecular weight is 227 g/mol. The molecule has 0 unspecified atom stereocenters. The summed E-state index contributed by atoms with van der Waals surface area (Å²) in [5, 5.41) is 0.574. The van der Waals surface area contributed by atoms with Crippen molar-refractivity contribution in [1.82, 2.24) is 0 Å². The van der Waals surface area contributed by atoms with Gasteiger partial charge in [0.1, 0.15) is 5.75 Å². The summed E-state index contributed by atoms with van der Waals surface area (Å²) in [7, 11) is 0. The van der Waals surface area contributed by atoms with E-state index in [1.807, 2.05) is 13.8 Å². The lowest BCUT2D eigenvalue weighted by Crippen LogP contribution is -2.19. The van der Waals surface area contributed by atoms with Gasteiger partial charge in [-0.15, -0.1) is 0 Å². The van der Waals surface area contributed by atoms with Crippen molar-refractivity contribution in [1.29, 1.82) is 0 Å². The number of halogens is 1. The van der Waals surface area contributed by atoms with E-state index in [4.69, 9.17) is 16.3 Å². The molecule has 0 radical (unpaired) electrons. The number of hydrogen-bond acceptors (Lipinski definition) is 2. The van der Waals surface area contributed by atoms with Crippen molar-refractivity contribution in [2.75, 3.05) is 0 Å². The maximum atomic E-state index is 11.6. The molecule has 1 rings (SSSR count). The first-order chi connectivity index (χ1) is 7.17. The summed E-state index contributed by atoms with van der Waals surface area (Å²) in [6.45, 7) is 3.96. The molecule has 2 nitrogen and oxygen atoms in total. The van der Waals surface area contributed by atoms with E-state index in [1.165, 1.54) is 0 Å². The van der Waals surface area contributed by atoms with E-state index in [1.54, 1.807) is 24.3 Å². The van der Waals surface area contributed by atoms with Gasteiger partial charge in [-0.25, -0.2) is 0 Å². The molecule has 0 saturated heterocycles. The van der Waals surface area contributed by atoms with Crippen molar-refractivity contribution >= 4 is 17.6 Å². The smallest absolute Gasteiger partial charge is 0.314 e. The van der Waals surface area contributed by atoms with Crippen LogP contribution in [0, 0.1) is 5.92 Å². The predicted octanol–water partition coefficient (Wildman–Crippen LogP) is 3.68. The molecule has 82 valence electrons. The molecular weight excluding hydrogens is 212 g/mol. The SMILES string of the molecule is CCC(CC)C(=O)Oc1cccc(Cl)c1. The fourth-order valence-electron chi connectivity index (χ4n) is 1.35. The van der Waals surface area contributed by atoms with Crippen LogP contribution in [-0.2, 0) is 4.79 Å².